The van der Waals surface area contributed by atoms with Crippen LogP contribution in [0.4, 0.5) is 11.4 Å². The molecule has 1 N–H and O–H groups in total. The van der Waals surface area contributed by atoms with Gasteiger partial charge in [0.15, 0.2) is 5.25 Å². The molecule has 0 aromatic heterocycles. The normalized spacial score (nSPS) is 12.5. The first-order valence-corrected chi connectivity index (χ1v) is 7.75. The van der Waals surface area contributed by atoms with E-state index in [1.165, 1.54) is 6.92 Å². The summed E-state index contributed by atoms with van der Waals surface area (Å²) in [6.07, 6.45) is 0. The van der Waals surface area contributed by atoms with E-state index in [4.69, 9.17) is 5.26 Å². The molecule has 0 radical (unpaired) electrons. The van der Waals surface area contributed by atoms with Crippen molar-refractivity contribution in [3.8, 4) is 6.07 Å². The van der Waals surface area contributed by atoms with Crippen molar-refractivity contribution in [2.75, 3.05) is 22.7 Å². The fraction of sp³-hybridized carbons (Fsp3) is 0.462. The van der Waals surface area contributed by atoms with Gasteiger partial charge >= 0.3 is 0 Å². The van der Waals surface area contributed by atoms with Crippen molar-refractivity contribution >= 4 is 21.4 Å². The smallest absolute Gasteiger partial charge is 0.248 e. The maximum Gasteiger partial charge on any atom is 0.248 e. The molecule has 6 heteroatoms. The van der Waals surface area contributed by atoms with Gasteiger partial charge < -0.3 is 4.90 Å². The molecule has 1 rings (SSSR count). The lowest BCUT2D eigenvalue weighted by Gasteiger charge is -2.21. The Balaban J connectivity index is 2.87. The second kappa shape index (κ2) is 6.43. The van der Waals surface area contributed by atoms with E-state index in [0.717, 1.165) is 18.8 Å². The second-order valence-electron chi connectivity index (χ2n) is 4.14. The first kappa shape index (κ1) is 15.3. The average molecular weight is 281 g/mol. The summed E-state index contributed by atoms with van der Waals surface area (Å²) in [6, 6.07) is 8.85. The molecule has 0 saturated heterocycles. The summed E-state index contributed by atoms with van der Waals surface area (Å²) in [7, 11) is -3.63. The molecule has 0 aliphatic rings. The number of nitriles is 1. The zero-order valence-electron chi connectivity index (χ0n) is 11.4. The van der Waals surface area contributed by atoms with Gasteiger partial charge in [-0.1, -0.05) is 0 Å². The number of benzene rings is 1. The highest BCUT2D eigenvalue weighted by Gasteiger charge is 2.19. The molecule has 104 valence electrons. The van der Waals surface area contributed by atoms with Gasteiger partial charge in [-0.05, 0) is 45.0 Å². The average Bonchev–Trinajstić information content (AvgIpc) is 2.40. The number of anilines is 2. The molecule has 0 aliphatic heterocycles. The van der Waals surface area contributed by atoms with Crippen LogP contribution in [-0.2, 0) is 10.0 Å². The molecule has 1 atom stereocenters. The second-order valence-corrected chi connectivity index (χ2v) is 6.14. The van der Waals surface area contributed by atoms with Crippen LogP contribution in [0.2, 0.25) is 0 Å². The zero-order valence-corrected chi connectivity index (χ0v) is 12.2. The number of hydrogen-bond donors (Lipinski definition) is 1. The minimum absolute atomic E-state index is 0.470. The number of rotatable bonds is 6. The molecule has 0 amide bonds. The van der Waals surface area contributed by atoms with Crippen LogP contribution >= 0.6 is 0 Å². The Kier molecular flexibility index (Phi) is 5.19. The van der Waals surface area contributed by atoms with E-state index < -0.39 is 15.3 Å². The molecular weight excluding hydrogens is 262 g/mol. The van der Waals surface area contributed by atoms with E-state index in [-0.39, 0.29) is 0 Å². The Morgan fingerprint density at radius 3 is 2.21 bits per heavy atom. The fourth-order valence-corrected chi connectivity index (χ4v) is 2.43. The molecule has 0 fully saturated rings. The molecule has 0 saturated carbocycles. The Bertz CT molecular complexity index is 542. The molecule has 1 aromatic carbocycles. The quantitative estimate of drug-likeness (QED) is 0.867. The third-order valence-electron chi connectivity index (χ3n) is 2.90. The highest BCUT2D eigenvalue weighted by Crippen LogP contribution is 2.19. The number of sulfonamides is 1. The Hall–Kier alpha value is -1.74. The SMILES string of the molecule is CCN(CC)c1ccc(NS(=O)(=O)C(C)C#N)cc1. The lowest BCUT2D eigenvalue weighted by Crippen LogP contribution is -2.24. The summed E-state index contributed by atoms with van der Waals surface area (Å²) in [6.45, 7) is 7.27. The lowest BCUT2D eigenvalue weighted by atomic mass is 10.2. The highest BCUT2D eigenvalue weighted by atomic mass is 32.2. The van der Waals surface area contributed by atoms with Crippen LogP contribution < -0.4 is 9.62 Å². The largest absolute Gasteiger partial charge is 0.372 e. The van der Waals surface area contributed by atoms with Crippen LogP contribution in [0.3, 0.4) is 0 Å². The van der Waals surface area contributed by atoms with Gasteiger partial charge in [-0.3, -0.25) is 4.72 Å². The summed E-state index contributed by atoms with van der Waals surface area (Å²) in [5, 5.41) is 7.58. The van der Waals surface area contributed by atoms with Gasteiger partial charge in [0.1, 0.15) is 0 Å². The zero-order chi connectivity index (χ0) is 14.5. The van der Waals surface area contributed by atoms with Crippen molar-refractivity contribution in [1.82, 2.24) is 0 Å². The molecular formula is C13H19N3O2S. The maximum atomic E-state index is 11.7. The third kappa shape index (κ3) is 3.86. The van der Waals surface area contributed by atoms with Gasteiger partial charge in [0, 0.05) is 24.5 Å². The van der Waals surface area contributed by atoms with Crippen LogP contribution in [-0.4, -0.2) is 26.8 Å². The summed E-state index contributed by atoms with van der Waals surface area (Å²) >= 11 is 0. The van der Waals surface area contributed by atoms with Crippen LogP contribution in [0.15, 0.2) is 24.3 Å². The van der Waals surface area contributed by atoms with Crippen LogP contribution in [0.1, 0.15) is 20.8 Å². The minimum atomic E-state index is -3.63. The summed E-state index contributed by atoms with van der Waals surface area (Å²) in [5.74, 6) is 0. The van der Waals surface area contributed by atoms with Gasteiger partial charge in [-0.25, -0.2) is 8.42 Å². The van der Waals surface area contributed by atoms with Gasteiger partial charge in [0.05, 0.1) is 6.07 Å². The van der Waals surface area contributed by atoms with Crippen molar-refractivity contribution in [1.29, 1.82) is 5.26 Å². The van der Waals surface area contributed by atoms with Gasteiger partial charge in [0.25, 0.3) is 0 Å². The summed E-state index contributed by atoms with van der Waals surface area (Å²) in [4.78, 5) is 2.16. The molecule has 0 aliphatic carbocycles. The van der Waals surface area contributed by atoms with Crippen LogP contribution in [0.25, 0.3) is 0 Å². The van der Waals surface area contributed by atoms with Gasteiger partial charge in [-0.2, -0.15) is 5.26 Å². The van der Waals surface area contributed by atoms with Crippen molar-refractivity contribution in [3.05, 3.63) is 24.3 Å². The molecule has 5 nitrogen and oxygen atoms in total. The molecule has 0 spiro atoms. The Morgan fingerprint density at radius 1 is 1.26 bits per heavy atom. The van der Waals surface area contributed by atoms with E-state index in [1.807, 2.05) is 12.1 Å². The van der Waals surface area contributed by atoms with Gasteiger partial charge in [0.2, 0.25) is 10.0 Å². The van der Waals surface area contributed by atoms with Crippen molar-refractivity contribution < 1.29 is 8.42 Å². The van der Waals surface area contributed by atoms with Crippen LogP contribution in [0.5, 0.6) is 0 Å². The Labute approximate surface area is 114 Å². The van der Waals surface area contributed by atoms with Crippen molar-refractivity contribution in [2.24, 2.45) is 0 Å². The van der Waals surface area contributed by atoms with E-state index in [9.17, 15) is 8.42 Å². The molecule has 19 heavy (non-hydrogen) atoms. The molecule has 0 bridgehead atoms. The summed E-state index contributed by atoms with van der Waals surface area (Å²) in [5.41, 5.74) is 1.51. The van der Waals surface area contributed by atoms with Crippen molar-refractivity contribution in [2.45, 2.75) is 26.0 Å². The Morgan fingerprint density at radius 2 is 1.79 bits per heavy atom. The maximum absolute atomic E-state index is 11.7. The lowest BCUT2D eigenvalue weighted by molar-refractivity contribution is 0.597. The van der Waals surface area contributed by atoms with E-state index in [1.54, 1.807) is 18.2 Å². The fourth-order valence-electron chi connectivity index (χ4n) is 1.65. The summed E-state index contributed by atoms with van der Waals surface area (Å²) < 4.78 is 25.8. The molecule has 1 unspecified atom stereocenters. The first-order chi connectivity index (χ1) is 8.94. The van der Waals surface area contributed by atoms with E-state index >= 15 is 0 Å². The number of nitrogens with one attached hydrogen (secondary N) is 1. The molecule has 0 heterocycles. The van der Waals surface area contributed by atoms with Crippen molar-refractivity contribution in [3.63, 3.8) is 0 Å². The number of nitrogens with zero attached hydrogens (tertiary/aromatic N) is 2. The molecule has 1 aromatic rings. The monoisotopic (exact) mass is 281 g/mol. The van der Waals surface area contributed by atoms with Gasteiger partial charge in [-0.15, -0.1) is 0 Å². The number of hydrogen-bond acceptors (Lipinski definition) is 4. The van der Waals surface area contributed by atoms with E-state index in [0.29, 0.717) is 5.69 Å². The van der Waals surface area contributed by atoms with E-state index in [2.05, 4.69) is 23.5 Å². The highest BCUT2D eigenvalue weighted by molar-refractivity contribution is 7.93. The topological polar surface area (TPSA) is 73.2 Å². The standard InChI is InChI=1S/C13H19N3O2S/c1-4-16(5-2)13-8-6-12(7-9-13)15-19(17,18)11(3)10-14/h6-9,11,15H,4-5H2,1-3H3. The van der Waals surface area contributed by atoms with Crippen LogP contribution in [0, 0.1) is 11.3 Å². The predicted octanol–water partition coefficient (Wildman–Crippen LogP) is 2.19. The minimum Gasteiger partial charge on any atom is -0.372 e. The third-order valence-corrected chi connectivity index (χ3v) is 4.46. The first-order valence-electron chi connectivity index (χ1n) is 6.20. The predicted molar refractivity (Wildman–Crippen MR) is 77.6 cm³/mol.